The fraction of sp³-hybridized carbons (Fsp3) is 0.481. The van der Waals surface area contributed by atoms with E-state index >= 15 is 0 Å². The van der Waals surface area contributed by atoms with Gasteiger partial charge in [0.25, 0.3) is 0 Å². The number of ketones is 2. The molecule has 10 N–H and O–H groups in total. The summed E-state index contributed by atoms with van der Waals surface area (Å²) in [4.78, 5) is 27.8. The van der Waals surface area contributed by atoms with E-state index in [0.717, 1.165) is 6.08 Å². The normalized spacial score (nSPS) is 41.8. The first-order chi connectivity index (χ1) is 19.8. The zero-order chi connectivity index (χ0) is 30.7. The topological polar surface area (TPSA) is 264 Å². The van der Waals surface area contributed by atoms with Gasteiger partial charge in [0.1, 0.15) is 71.7 Å². The van der Waals surface area contributed by atoms with Crippen LogP contribution in [0.1, 0.15) is 12.0 Å². The number of allylic oxidation sites excluding steroid dienone is 2. The summed E-state index contributed by atoms with van der Waals surface area (Å²) >= 11 is 0. The number of aliphatic hydroxyl groups is 9. The Hall–Kier alpha value is -3.22. The number of carbonyl (C=O) groups is 2. The van der Waals surface area contributed by atoms with E-state index in [1.54, 1.807) is 0 Å². The molecule has 0 saturated carbocycles. The molecular formula is C27H30O15. The highest BCUT2D eigenvalue weighted by Gasteiger charge is 2.67. The van der Waals surface area contributed by atoms with Gasteiger partial charge in [0.2, 0.25) is 23.0 Å². The number of hydrogen-bond donors (Lipinski definition) is 10. The molecule has 1 aromatic carbocycles. The van der Waals surface area contributed by atoms with Crippen LogP contribution in [0.15, 0.2) is 53.0 Å². The van der Waals surface area contributed by atoms with Gasteiger partial charge in [-0.25, -0.2) is 0 Å². The standard InChI is InChI=1S/C27H30O15/c28-8-15-18(33)19(34)20(35)25(41-15)27(39)22(36)12-7-26(24(38)17(32)14(31)9-40-26)42-21(12)16(23(27)37)13(30)6-3-10-1-4-11(29)5-2-10/h1-6,14-15,17-20,24-25,28-35,38-39H,7-9H2/b6-3+,16-13+/t14-,15-,17-,18-,19+,20-,24+,25-,26?,27+/m1/s1. The number of phenolic OH excluding ortho intramolecular Hbond substituents is 1. The second-order valence-corrected chi connectivity index (χ2v) is 10.6. The molecular weight excluding hydrogens is 564 g/mol. The Morgan fingerprint density at radius 1 is 0.952 bits per heavy atom. The molecule has 15 nitrogen and oxygen atoms in total. The number of carbonyl (C=O) groups excluding carboxylic acids is 2. The molecule has 1 aromatic rings. The van der Waals surface area contributed by atoms with Crippen LogP contribution < -0.4 is 0 Å². The zero-order valence-electron chi connectivity index (χ0n) is 21.7. The van der Waals surface area contributed by atoms with Gasteiger partial charge in [-0.15, -0.1) is 0 Å². The molecule has 2 fully saturated rings. The van der Waals surface area contributed by atoms with Crippen molar-refractivity contribution in [2.45, 2.75) is 66.6 Å². The second-order valence-electron chi connectivity index (χ2n) is 10.6. The van der Waals surface area contributed by atoms with Crippen molar-refractivity contribution in [3.05, 3.63) is 58.6 Å². The summed E-state index contributed by atoms with van der Waals surface area (Å²) < 4.78 is 16.5. The van der Waals surface area contributed by atoms with Crippen LogP contribution in [-0.2, 0) is 23.8 Å². The summed E-state index contributed by atoms with van der Waals surface area (Å²) in [5.74, 6) is -6.79. The number of aliphatic hydroxyl groups excluding tert-OH is 8. The average molecular weight is 595 g/mol. The van der Waals surface area contributed by atoms with Gasteiger partial charge in [-0.2, -0.15) is 0 Å². The quantitative estimate of drug-likeness (QED) is 0.0918. The Kier molecular flexibility index (Phi) is 7.78. The lowest BCUT2D eigenvalue weighted by Crippen LogP contribution is -2.70. The van der Waals surface area contributed by atoms with Crippen molar-refractivity contribution in [1.82, 2.24) is 0 Å². The molecule has 228 valence electrons. The monoisotopic (exact) mass is 594 g/mol. The van der Waals surface area contributed by atoms with Crippen molar-refractivity contribution in [3.8, 4) is 5.75 Å². The zero-order valence-corrected chi connectivity index (χ0v) is 21.7. The van der Waals surface area contributed by atoms with Crippen LogP contribution in [0.25, 0.3) is 6.08 Å². The maximum atomic E-state index is 13.9. The molecule has 5 rings (SSSR count). The maximum Gasteiger partial charge on any atom is 0.243 e. The molecule has 0 radical (unpaired) electrons. The molecule has 4 aliphatic rings. The van der Waals surface area contributed by atoms with Crippen molar-refractivity contribution >= 4 is 17.6 Å². The summed E-state index contributed by atoms with van der Waals surface area (Å²) in [5.41, 5.74) is -4.29. The highest BCUT2D eigenvalue weighted by Crippen LogP contribution is 2.50. The van der Waals surface area contributed by atoms with E-state index in [4.69, 9.17) is 14.2 Å². The molecule has 1 aliphatic carbocycles. The molecule has 42 heavy (non-hydrogen) atoms. The lowest BCUT2D eigenvalue weighted by Gasteiger charge is -2.46. The summed E-state index contributed by atoms with van der Waals surface area (Å²) in [6, 6.07) is 5.62. The van der Waals surface area contributed by atoms with Crippen LogP contribution in [-0.4, -0.2) is 136 Å². The van der Waals surface area contributed by atoms with Crippen LogP contribution in [0.2, 0.25) is 0 Å². The molecule has 10 atom stereocenters. The molecule has 15 heteroatoms. The van der Waals surface area contributed by atoms with Gasteiger partial charge in [-0.3, -0.25) is 9.59 Å². The Balaban J connectivity index is 1.63. The van der Waals surface area contributed by atoms with E-state index in [-0.39, 0.29) is 5.75 Å². The van der Waals surface area contributed by atoms with E-state index in [9.17, 15) is 60.7 Å². The highest BCUT2D eigenvalue weighted by atomic mass is 16.7. The fourth-order valence-electron chi connectivity index (χ4n) is 5.52. The number of benzene rings is 1. The third-order valence-corrected chi connectivity index (χ3v) is 7.95. The molecule has 2 saturated heterocycles. The number of ether oxygens (including phenoxy) is 3. The fourth-order valence-corrected chi connectivity index (χ4v) is 5.52. The molecule has 1 unspecified atom stereocenters. The highest BCUT2D eigenvalue weighted by molar-refractivity contribution is 6.28. The van der Waals surface area contributed by atoms with Gasteiger partial charge in [0.05, 0.1) is 13.2 Å². The minimum absolute atomic E-state index is 0.0434. The number of rotatable bonds is 4. The van der Waals surface area contributed by atoms with Crippen LogP contribution in [0, 0.1) is 0 Å². The molecule has 0 amide bonds. The van der Waals surface area contributed by atoms with Crippen molar-refractivity contribution in [3.63, 3.8) is 0 Å². The van der Waals surface area contributed by atoms with Gasteiger partial charge >= 0.3 is 0 Å². The summed E-state index contributed by atoms with van der Waals surface area (Å²) in [5, 5.41) is 104. The largest absolute Gasteiger partial charge is 0.508 e. The van der Waals surface area contributed by atoms with Crippen molar-refractivity contribution in [1.29, 1.82) is 0 Å². The van der Waals surface area contributed by atoms with E-state index in [2.05, 4.69) is 0 Å². The van der Waals surface area contributed by atoms with Crippen LogP contribution >= 0.6 is 0 Å². The van der Waals surface area contributed by atoms with E-state index in [1.807, 2.05) is 0 Å². The predicted octanol–water partition coefficient (Wildman–Crippen LogP) is -3.57. The van der Waals surface area contributed by atoms with Gasteiger partial charge in [-0.05, 0) is 23.8 Å². The summed E-state index contributed by atoms with van der Waals surface area (Å²) in [6.07, 6.45) is -13.8. The minimum Gasteiger partial charge on any atom is -0.508 e. The van der Waals surface area contributed by atoms with Crippen molar-refractivity contribution < 1.29 is 74.9 Å². The number of phenols is 1. The number of Topliss-reactive ketones (excluding diaryl/α,β-unsaturated/α-hetero) is 2. The molecule has 0 bridgehead atoms. The SMILES string of the molecule is O=C1C2=C(OC3(C2)OC[C@@H](O)[C@@H](O)[C@@H]3O)/C(=C(O)/C=C/c2ccc(O)cc2)C(=O)[C@]1(O)[C@@H]1O[C@H](CO)[C@@H](O)[C@H](O)[C@H]1O. The first kappa shape index (κ1) is 30.2. The van der Waals surface area contributed by atoms with Crippen LogP contribution in [0.3, 0.4) is 0 Å². The third-order valence-electron chi connectivity index (χ3n) is 7.95. The molecule has 3 heterocycles. The van der Waals surface area contributed by atoms with E-state index in [1.165, 1.54) is 30.3 Å². The van der Waals surface area contributed by atoms with Crippen LogP contribution in [0.4, 0.5) is 0 Å². The first-order valence-electron chi connectivity index (χ1n) is 12.9. The van der Waals surface area contributed by atoms with E-state index < -0.39 is 114 Å². The maximum absolute atomic E-state index is 13.9. The minimum atomic E-state index is -3.37. The lowest BCUT2D eigenvalue weighted by molar-refractivity contribution is -0.317. The van der Waals surface area contributed by atoms with Crippen molar-refractivity contribution in [2.75, 3.05) is 13.2 Å². The Morgan fingerprint density at radius 2 is 1.62 bits per heavy atom. The lowest BCUT2D eigenvalue weighted by atomic mass is 9.71. The predicted molar refractivity (Wildman–Crippen MR) is 135 cm³/mol. The Bertz CT molecular complexity index is 1350. The number of aromatic hydroxyl groups is 1. The van der Waals surface area contributed by atoms with Gasteiger partial charge in [0, 0.05) is 12.0 Å². The number of hydrogen-bond acceptors (Lipinski definition) is 15. The van der Waals surface area contributed by atoms with E-state index in [0.29, 0.717) is 5.56 Å². The molecule has 0 aromatic heterocycles. The van der Waals surface area contributed by atoms with Crippen molar-refractivity contribution in [2.24, 2.45) is 0 Å². The van der Waals surface area contributed by atoms with Crippen LogP contribution in [0.5, 0.6) is 5.75 Å². The second kappa shape index (κ2) is 10.8. The first-order valence-corrected chi connectivity index (χ1v) is 12.9. The Labute approximate surface area is 237 Å². The summed E-state index contributed by atoms with van der Waals surface area (Å²) in [7, 11) is 0. The molecule has 1 spiro atoms. The summed E-state index contributed by atoms with van der Waals surface area (Å²) in [6.45, 7) is -1.51. The average Bonchev–Trinajstić information content (AvgIpc) is 3.36. The van der Waals surface area contributed by atoms with Gasteiger partial charge < -0.3 is 65.3 Å². The molecule has 3 aliphatic heterocycles. The van der Waals surface area contributed by atoms with Gasteiger partial charge in [0.15, 0.2) is 0 Å². The van der Waals surface area contributed by atoms with Gasteiger partial charge in [-0.1, -0.05) is 18.2 Å². The Morgan fingerprint density at radius 3 is 2.26 bits per heavy atom. The third kappa shape index (κ3) is 4.55. The smallest absolute Gasteiger partial charge is 0.243 e.